The van der Waals surface area contributed by atoms with Crippen LogP contribution in [-0.2, 0) is 25.8 Å². The fraction of sp³-hybridized carbons (Fsp3) is 0.600. The second-order valence-corrected chi connectivity index (χ2v) is 6.68. The Hall–Kier alpha value is 0.410. The van der Waals surface area contributed by atoms with Crippen molar-refractivity contribution >= 4 is 0 Å². The monoisotopic (exact) mass is 522 g/mol. The average Bonchev–Trinajstić information content (AvgIpc) is 2.71. The second kappa shape index (κ2) is 11.1. The van der Waals surface area contributed by atoms with Crippen LogP contribution in [0, 0.1) is 11.8 Å². The number of hydrogen-bond donors (Lipinski definition) is 0. The molecule has 0 atom stereocenters. The maximum absolute atomic E-state index is 2.28. The zero-order valence-corrected chi connectivity index (χ0v) is 21.5. The maximum atomic E-state index is 2.28. The molecule has 3 heteroatoms. The van der Waals surface area contributed by atoms with E-state index in [1.54, 1.807) is 22.3 Å². The van der Waals surface area contributed by atoms with Crippen molar-refractivity contribution in [2.45, 2.75) is 69.2 Å². The van der Waals surface area contributed by atoms with E-state index >= 15 is 0 Å². The molecule has 0 fully saturated rings. The van der Waals surface area contributed by atoms with Crippen LogP contribution in [0.2, 0.25) is 0 Å². The summed E-state index contributed by atoms with van der Waals surface area (Å²) in [6.07, 6.45) is 0. The molecule has 0 spiro atoms. The van der Waals surface area contributed by atoms with Gasteiger partial charge in [-0.3, -0.25) is 0 Å². The number of rotatable bonds is 0. The van der Waals surface area contributed by atoms with Gasteiger partial charge in [-0.1, -0.05) is 36.1 Å². The van der Waals surface area contributed by atoms with E-state index in [0.717, 1.165) is 0 Å². The second-order valence-electron chi connectivity index (χ2n) is 6.68. The van der Waals surface area contributed by atoms with E-state index in [1.807, 2.05) is 0 Å². The largest absolute Gasteiger partial charge is 2.00 e. The Balaban J connectivity index is -0.000000308. The molecule has 0 aromatic carbocycles. The minimum absolute atomic E-state index is 0. The van der Waals surface area contributed by atoms with Gasteiger partial charge in [0, 0.05) is 0 Å². The predicted molar refractivity (Wildman–Crippen MR) is 91.8 cm³/mol. The third-order valence-electron chi connectivity index (χ3n) is 6.09. The first-order valence-corrected chi connectivity index (χ1v) is 7.81. The molecule has 0 radical (unpaired) electrons. The SMILES string of the molecule is CC1=C(C)C(C)C(C)=C1C.CC1=C(C)C(C)C(C)=C1C.[Cl-].[Cl-].[Hf+2]. The summed E-state index contributed by atoms with van der Waals surface area (Å²) in [5.74, 6) is 1.39. The number of halogens is 2. The van der Waals surface area contributed by atoms with Gasteiger partial charge in [-0.15, -0.1) is 0 Å². The first kappa shape index (κ1) is 28.2. The van der Waals surface area contributed by atoms with Crippen molar-refractivity contribution in [1.29, 1.82) is 0 Å². The molecule has 2 aliphatic carbocycles. The van der Waals surface area contributed by atoms with Crippen molar-refractivity contribution in [2.75, 3.05) is 0 Å². The van der Waals surface area contributed by atoms with Crippen molar-refractivity contribution in [2.24, 2.45) is 11.8 Å². The van der Waals surface area contributed by atoms with E-state index in [0.29, 0.717) is 11.8 Å². The molecule has 0 unspecified atom stereocenters. The van der Waals surface area contributed by atoms with Crippen LogP contribution in [0.5, 0.6) is 0 Å². The molecule has 0 nitrogen and oxygen atoms in total. The van der Waals surface area contributed by atoms with Crippen molar-refractivity contribution in [3.8, 4) is 0 Å². The summed E-state index contributed by atoms with van der Waals surface area (Å²) in [6, 6.07) is 0. The zero-order chi connectivity index (χ0) is 15.8. The van der Waals surface area contributed by atoms with E-state index in [2.05, 4.69) is 69.2 Å². The molecular weight excluding hydrogens is 490 g/mol. The predicted octanol–water partition coefficient (Wildman–Crippen LogP) is 0.623. The van der Waals surface area contributed by atoms with Crippen LogP contribution in [0.3, 0.4) is 0 Å². The average molecular weight is 522 g/mol. The molecule has 0 saturated heterocycles. The normalized spacial score (nSPS) is 18.5. The van der Waals surface area contributed by atoms with Crippen LogP contribution in [0.25, 0.3) is 0 Å². The molecular formula is C20H32Cl2Hf. The van der Waals surface area contributed by atoms with Gasteiger partial charge in [-0.05, 0) is 89.5 Å². The quantitative estimate of drug-likeness (QED) is 0.410. The third kappa shape index (κ3) is 5.72. The van der Waals surface area contributed by atoms with E-state index in [4.69, 9.17) is 0 Å². The molecule has 0 aliphatic heterocycles. The molecule has 0 saturated carbocycles. The van der Waals surface area contributed by atoms with Crippen molar-refractivity contribution in [3.05, 3.63) is 44.6 Å². The van der Waals surface area contributed by atoms with Gasteiger partial charge >= 0.3 is 25.8 Å². The Morgan fingerprint density at radius 1 is 0.435 bits per heavy atom. The summed E-state index contributed by atoms with van der Waals surface area (Å²) in [5, 5.41) is 0. The summed E-state index contributed by atoms with van der Waals surface area (Å²) < 4.78 is 0. The van der Waals surface area contributed by atoms with Gasteiger partial charge in [0.15, 0.2) is 0 Å². The molecule has 0 heterocycles. The Bertz CT molecular complexity index is 450. The molecule has 130 valence electrons. The van der Waals surface area contributed by atoms with Gasteiger partial charge in [0.05, 0.1) is 0 Å². The van der Waals surface area contributed by atoms with E-state index < -0.39 is 0 Å². The zero-order valence-electron chi connectivity index (χ0n) is 16.4. The van der Waals surface area contributed by atoms with Gasteiger partial charge in [0.1, 0.15) is 0 Å². The minimum atomic E-state index is 0. The molecule has 23 heavy (non-hydrogen) atoms. The van der Waals surface area contributed by atoms with Gasteiger partial charge in [0.2, 0.25) is 0 Å². The summed E-state index contributed by atoms with van der Waals surface area (Å²) in [6.45, 7) is 22.4. The molecule has 2 rings (SSSR count). The smallest absolute Gasteiger partial charge is 1.00 e. The molecule has 0 aromatic heterocycles. The van der Waals surface area contributed by atoms with Crippen molar-refractivity contribution in [1.82, 2.24) is 0 Å². The van der Waals surface area contributed by atoms with Gasteiger partial charge in [0.25, 0.3) is 0 Å². The van der Waals surface area contributed by atoms with Crippen molar-refractivity contribution in [3.63, 3.8) is 0 Å². The van der Waals surface area contributed by atoms with Crippen LogP contribution in [0.4, 0.5) is 0 Å². The van der Waals surface area contributed by atoms with Crippen LogP contribution in [0.1, 0.15) is 69.2 Å². The Labute approximate surface area is 175 Å². The summed E-state index contributed by atoms with van der Waals surface area (Å²) in [4.78, 5) is 0. The van der Waals surface area contributed by atoms with Gasteiger partial charge in [-0.2, -0.15) is 0 Å². The van der Waals surface area contributed by atoms with E-state index in [9.17, 15) is 0 Å². The van der Waals surface area contributed by atoms with Gasteiger partial charge in [-0.25, -0.2) is 0 Å². The molecule has 0 aromatic rings. The summed E-state index contributed by atoms with van der Waals surface area (Å²) in [7, 11) is 0. The van der Waals surface area contributed by atoms with Crippen LogP contribution >= 0.6 is 0 Å². The van der Waals surface area contributed by atoms with Crippen LogP contribution in [0.15, 0.2) is 44.6 Å². The Morgan fingerprint density at radius 2 is 0.565 bits per heavy atom. The standard InChI is InChI=1S/2C10H16.2ClH.Hf/c2*1-6-7(2)9(4)10(5)8(6)3;;;/h2*6H,1-5H3;2*1H;/q;;;;+2/p-2. The fourth-order valence-corrected chi connectivity index (χ4v) is 3.13. The Kier molecular flexibility index (Phi) is 13.6. The van der Waals surface area contributed by atoms with Crippen LogP contribution < -0.4 is 24.8 Å². The van der Waals surface area contributed by atoms with E-state index in [1.165, 1.54) is 22.3 Å². The molecule has 0 bridgehead atoms. The third-order valence-corrected chi connectivity index (χ3v) is 6.09. The maximum Gasteiger partial charge on any atom is 2.00 e. The first-order valence-electron chi connectivity index (χ1n) is 7.81. The van der Waals surface area contributed by atoms with Crippen LogP contribution in [-0.4, -0.2) is 0 Å². The topological polar surface area (TPSA) is 0 Å². The fourth-order valence-electron chi connectivity index (χ4n) is 3.13. The minimum Gasteiger partial charge on any atom is -1.00 e. The Morgan fingerprint density at radius 3 is 0.609 bits per heavy atom. The number of allylic oxidation sites excluding steroid dienone is 8. The van der Waals surface area contributed by atoms with Gasteiger partial charge < -0.3 is 24.8 Å². The van der Waals surface area contributed by atoms with Crippen molar-refractivity contribution < 1.29 is 50.7 Å². The first-order chi connectivity index (χ1) is 9.11. The molecule has 2 aliphatic rings. The summed E-state index contributed by atoms with van der Waals surface area (Å²) in [5.41, 5.74) is 12.2. The number of hydrogen-bond acceptors (Lipinski definition) is 0. The molecule has 0 N–H and O–H groups in total. The molecule has 0 amide bonds. The van der Waals surface area contributed by atoms with E-state index in [-0.39, 0.29) is 50.7 Å². The summed E-state index contributed by atoms with van der Waals surface area (Å²) >= 11 is 0.